The number of nitrogens with zero attached hydrogens (tertiary/aromatic N) is 5. The van der Waals surface area contributed by atoms with Gasteiger partial charge in [0.1, 0.15) is 11.8 Å². The zero-order chi connectivity index (χ0) is 19.9. The molecular weight excluding hydrogens is 386 g/mol. The van der Waals surface area contributed by atoms with Crippen LogP contribution in [0.3, 0.4) is 0 Å². The van der Waals surface area contributed by atoms with Gasteiger partial charge in [-0.1, -0.05) is 11.6 Å². The highest BCUT2D eigenvalue weighted by Gasteiger charge is 2.42. The number of benzene rings is 1. The van der Waals surface area contributed by atoms with E-state index in [0.29, 0.717) is 36.8 Å². The molecular formula is C18H20ClN5O4. The zero-order valence-corrected chi connectivity index (χ0v) is 16.1. The quantitative estimate of drug-likeness (QED) is 0.571. The van der Waals surface area contributed by atoms with Gasteiger partial charge in [-0.3, -0.25) is 14.3 Å². The molecule has 1 aromatic heterocycles. The van der Waals surface area contributed by atoms with Gasteiger partial charge in [0.25, 0.3) is 5.91 Å². The molecule has 0 bridgehead atoms. The Bertz CT molecular complexity index is 882. The molecule has 1 atom stereocenters. The summed E-state index contributed by atoms with van der Waals surface area (Å²) in [5.41, 5.74) is 0.135. The summed E-state index contributed by atoms with van der Waals surface area (Å²) in [5.74, 6) is -0.196. The number of ether oxygens (including phenoxy) is 1. The molecule has 0 saturated carbocycles. The predicted molar refractivity (Wildman–Crippen MR) is 102 cm³/mol. The van der Waals surface area contributed by atoms with Crippen molar-refractivity contribution in [3.8, 4) is 6.01 Å². The molecule has 1 fully saturated rings. The molecule has 1 amide bonds. The second-order valence-corrected chi connectivity index (χ2v) is 7.83. The maximum Gasteiger partial charge on any atom is 0.415 e. The van der Waals surface area contributed by atoms with Crippen molar-refractivity contribution in [3.05, 3.63) is 51.2 Å². The lowest BCUT2D eigenvalue weighted by Crippen LogP contribution is -2.53. The van der Waals surface area contributed by atoms with Crippen molar-refractivity contribution in [1.29, 1.82) is 0 Å². The number of halogens is 1. The summed E-state index contributed by atoms with van der Waals surface area (Å²) in [4.78, 5) is 30.9. The summed E-state index contributed by atoms with van der Waals surface area (Å²) in [6.45, 7) is 5.88. The highest BCUT2D eigenvalue weighted by atomic mass is 35.5. The van der Waals surface area contributed by atoms with Gasteiger partial charge in [-0.2, -0.15) is 0 Å². The fraction of sp³-hybridized carbons (Fsp3) is 0.444. The van der Waals surface area contributed by atoms with E-state index in [1.165, 1.54) is 6.20 Å². The van der Waals surface area contributed by atoms with E-state index in [1.54, 1.807) is 28.8 Å². The fourth-order valence-electron chi connectivity index (χ4n) is 3.72. The monoisotopic (exact) mass is 405 g/mol. The minimum atomic E-state index is -0.525. The van der Waals surface area contributed by atoms with Crippen LogP contribution in [0.2, 0.25) is 5.02 Å². The number of hydrogen-bond donors (Lipinski definition) is 0. The van der Waals surface area contributed by atoms with Crippen LogP contribution >= 0.6 is 11.6 Å². The van der Waals surface area contributed by atoms with Crippen LogP contribution in [0.1, 0.15) is 17.3 Å². The van der Waals surface area contributed by atoms with Crippen molar-refractivity contribution < 1.29 is 14.5 Å². The average molecular weight is 406 g/mol. The summed E-state index contributed by atoms with van der Waals surface area (Å²) in [7, 11) is 0. The number of carbonyl (C=O) groups excluding carboxylic acids is 1. The van der Waals surface area contributed by atoms with Gasteiger partial charge in [0.15, 0.2) is 0 Å². The Morgan fingerprint density at radius 3 is 2.57 bits per heavy atom. The molecule has 3 heterocycles. The zero-order valence-electron chi connectivity index (χ0n) is 15.4. The second-order valence-electron chi connectivity index (χ2n) is 7.39. The molecule has 10 heteroatoms. The molecule has 148 valence electrons. The van der Waals surface area contributed by atoms with Gasteiger partial charge in [0.2, 0.25) is 0 Å². The molecule has 0 aliphatic carbocycles. The van der Waals surface area contributed by atoms with E-state index in [-0.39, 0.29) is 17.7 Å². The number of hydrogen-bond acceptors (Lipinski definition) is 6. The van der Waals surface area contributed by atoms with Crippen LogP contribution in [-0.4, -0.2) is 68.5 Å². The SMILES string of the molecule is C[C@]1(CN2CCN(C(=O)c3ccc(Cl)cc3)CC2)Cn2cc([N+](=O)[O-])nc2O1. The Hall–Kier alpha value is -2.65. The molecule has 0 unspecified atom stereocenters. The first-order valence-electron chi connectivity index (χ1n) is 9.01. The molecule has 2 aromatic rings. The van der Waals surface area contributed by atoms with Crippen LogP contribution in [0.15, 0.2) is 30.5 Å². The lowest BCUT2D eigenvalue weighted by molar-refractivity contribution is -0.389. The number of nitro groups is 1. The second kappa shape index (κ2) is 7.06. The Balaban J connectivity index is 1.32. The molecule has 28 heavy (non-hydrogen) atoms. The predicted octanol–water partition coefficient (Wildman–Crippen LogP) is 2.05. The van der Waals surface area contributed by atoms with Gasteiger partial charge in [0.05, 0.1) is 6.54 Å². The maximum atomic E-state index is 12.6. The highest BCUT2D eigenvalue weighted by molar-refractivity contribution is 6.30. The van der Waals surface area contributed by atoms with Gasteiger partial charge in [-0.25, -0.2) is 0 Å². The highest BCUT2D eigenvalue weighted by Crippen LogP contribution is 2.31. The van der Waals surface area contributed by atoms with Gasteiger partial charge in [-0.05, 0) is 36.1 Å². The summed E-state index contributed by atoms with van der Waals surface area (Å²) in [5, 5.41) is 11.4. The first-order chi connectivity index (χ1) is 13.3. The minimum Gasteiger partial charge on any atom is -0.436 e. The first-order valence-corrected chi connectivity index (χ1v) is 9.39. The normalized spacial score (nSPS) is 22.0. The molecule has 2 aliphatic heterocycles. The number of fused-ring (bicyclic) bond motifs is 1. The first kappa shape index (κ1) is 18.7. The summed E-state index contributed by atoms with van der Waals surface area (Å²) in [6, 6.07) is 7.20. The van der Waals surface area contributed by atoms with Crippen LogP contribution in [0.25, 0.3) is 0 Å². The average Bonchev–Trinajstić information content (AvgIpc) is 3.17. The standard InChI is InChI=1S/C18H20ClN5O4/c1-18(12-23-10-15(24(26)27)20-17(23)28-18)11-21-6-8-22(9-7-21)16(25)13-2-4-14(19)5-3-13/h2-5,10H,6-9,11-12H2,1H3/t18-/m0/s1. The van der Waals surface area contributed by atoms with Crippen LogP contribution in [0, 0.1) is 10.1 Å². The van der Waals surface area contributed by atoms with Crippen LogP contribution in [-0.2, 0) is 6.54 Å². The summed E-state index contributed by atoms with van der Waals surface area (Å²) >= 11 is 5.88. The van der Waals surface area contributed by atoms with Crippen molar-refractivity contribution in [2.24, 2.45) is 0 Å². The molecule has 0 spiro atoms. The van der Waals surface area contributed by atoms with Crippen molar-refractivity contribution in [2.75, 3.05) is 32.7 Å². The number of amides is 1. The van der Waals surface area contributed by atoms with E-state index in [1.807, 2.05) is 11.8 Å². The van der Waals surface area contributed by atoms with Gasteiger partial charge in [0, 0.05) is 48.3 Å². The molecule has 1 aromatic carbocycles. The van der Waals surface area contributed by atoms with Crippen LogP contribution < -0.4 is 4.74 Å². The number of piperazine rings is 1. The summed E-state index contributed by atoms with van der Waals surface area (Å²) in [6.07, 6.45) is 1.41. The fourth-order valence-corrected chi connectivity index (χ4v) is 3.85. The molecule has 2 aliphatic rings. The van der Waals surface area contributed by atoms with Gasteiger partial charge >= 0.3 is 11.8 Å². The summed E-state index contributed by atoms with van der Waals surface area (Å²) < 4.78 is 7.57. The smallest absolute Gasteiger partial charge is 0.415 e. The van der Waals surface area contributed by atoms with E-state index in [9.17, 15) is 14.9 Å². The molecule has 0 radical (unpaired) electrons. The van der Waals surface area contributed by atoms with Gasteiger partial charge in [-0.15, -0.1) is 0 Å². The third kappa shape index (κ3) is 3.67. The minimum absolute atomic E-state index is 0.00657. The molecule has 4 rings (SSSR count). The Labute approximate surface area is 166 Å². The van der Waals surface area contributed by atoms with Gasteiger partial charge < -0.3 is 19.8 Å². The largest absolute Gasteiger partial charge is 0.436 e. The van der Waals surface area contributed by atoms with E-state index in [0.717, 1.165) is 13.1 Å². The third-order valence-corrected chi connectivity index (χ3v) is 5.32. The van der Waals surface area contributed by atoms with E-state index in [2.05, 4.69) is 9.88 Å². The Morgan fingerprint density at radius 2 is 1.96 bits per heavy atom. The van der Waals surface area contributed by atoms with Crippen molar-refractivity contribution in [1.82, 2.24) is 19.4 Å². The van der Waals surface area contributed by atoms with Crippen LogP contribution in [0.4, 0.5) is 5.82 Å². The topological polar surface area (TPSA) is 93.7 Å². The van der Waals surface area contributed by atoms with E-state index >= 15 is 0 Å². The Morgan fingerprint density at radius 1 is 1.29 bits per heavy atom. The third-order valence-electron chi connectivity index (χ3n) is 5.07. The lowest BCUT2D eigenvalue weighted by atomic mass is 10.1. The van der Waals surface area contributed by atoms with E-state index < -0.39 is 10.5 Å². The van der Waals surface area contributed by atoms with Crippen molar-refractivity contribution >= 4 is 23.3 Å². The molecule has 1 saturated heterocycles. The lowest BCUT2D eigenvalue weighted by Gasteiger charge is -2.38. The maximum absolute atomic E-state index is 12.6. The van der Waals surface area contributed by atoms with E-state index in [4.69, 9.17) is 16.3 Å². The van der Waals surface area contributed by atoms with Crippen molar-refractivity contribution in [3.63, 3.8) is 0 Å². The molecule has 0 N–H and O–H groups in total. The molecule has 9 nitrogen and oxygen atoms in total. The number of rotatable bonds is 4. The van der Waals surface area contributed by atoms with Crippen molar-refractivity contribution in [2.45, 2.75) is 19.1 Å². The van der Waals surface area contributed by atoms with Crippen LogP contribution in [0.5, 0.6) is 6.01 Å². The Kier molecular flexibility index (Phi) is 4.72. The number of carbonyl (C=O) groups is 1. The number of aromatic nitrogens is 2. The number of imidazole rings is 1.